The van der Waals surface area contributed by atoms with E-state index in [9.17, 15) is 19.2 Å². The molecule has 1 aliphatic rings. The molecule has 0 atom stereocenters. The van der Waals surface area contributed by atoms with Gasteiger partial charge in [0.15, 0.2) is 18.1 Å². The summed E-state index contributed by atoms with van der Waals surface area (Å²) >= 11 is 4.08. The molecule has 0 aliphatic carbocycles. The van der Waals surface area contributed by atoms with Crippen LogP contribution in [-0.2, 0) is 14.4 Å². The van der Waals surface area contributed by atoms with Gasteiger partial charge in [0.2, 0.25) is 5.91 Å². The molecule has 1 fully saturated rings. The number of imide groups is 1. The Bertz CT molecular complexity index is 1460. The van der Waals surface area contributed by atoms with E-state index in [1.54, 1.807) is 48.5 Å². The Hall–Kier alpha value is -4.09. The maximum absolute atomic E-state index is 12.9. The van der Waals surface area contributed by atoms with Crippen LogP contribution in [0.1, 0.15) is 18.1 Å². The van der Waals surface area contributed by atoms with Crippen molar-refractivity contribution in [2.24, 2.45) is 0 Å². The predicted molar refractivity (Wildman–Crippen MR) is 158 cm³/mol. The SMILES string of the molecule is CCOc1cc(/C=C2\SC(=O)N(CC(=O)Nc3ccc(Br)cc3)C2=O)ccc1OCC(=O)Nc1ccc(C)cc1. The number of nitrogens with one attached hydrogen (secondary N) is 2. The van der Waals surface area contributed by atoms with Gasteiger partial charge in [-0.25, -0.2) is 0 Å². The molecule has 9 nitrogen and oxygen atoms in total. The summed E-state index contributed by atoms with van der Waals surface area (Å²) in [7, 11) is 0. The lowest BCUT2D eigenvalue weighted by Gasteiger charge is -2.13. The molecule has 0 bridgehead atoms. The van der Waals surface area contributed by atoms with Crippen molar-refractivity contribution in [1.82, 2.24) is 4.90 Å². The smallest absolute Gasteiger partial charge is 0.294 e. The number of hydrogen-bond acceptors (Lipinski definition) is 7. The largest absolute Gasteiger partial charge is 0.490 e. The fraction of sp³-hybridized carbons (Fsp3) is 0.172. The third kappa shape index (κ3) is 7.73. The molecule has 3 aromatic carbocycles. The van der Waals surface area contributed by atoms with Gasteiger partial charge in [-0.1, -0.05) is 39.7 Å². The van der Waals surface area contributed by atoms with Gasteiger partial charge >= 0.3 is 0 Å². The number of nitrogens with zero attached hydrogens (tertiary/aromatic N) is 1. The van der Waals surface area contributed by atoms with Crippen LogP contribution in [0.25, 0.3) is 6.08 Å². The number of hydrogen-bond donors (Lipinski definition) is 2. The second-order valence-electron chi connectivity index (χ2n) is 8.66. The van der Waals surface area contributed by atoms with E-state index < -0.39 is 23.6 Å². The molecule has 40 heavy (non-hydrogen) atoms. The van der Waals surface area contributed by atoms with Crippen LogP contribution >= 0.6 is 27.7 Å². The summed E-state index contributed by atoms with van der Waals surface area (Å²) in [5.74, 6) is -0.638. The molecule has 0 saturated carbocycles. The molecule has 0 unspecified atom stereocenters. The molecule has 11 heteroatoms. The van der Waals surface area contributed by atoms with Gasteiger partial charge in [0.25, 0.3) is 17.1 Å². The summed E-state index contributed by atoms with van der Waals surface area (Å²) in [6.45, 7) is 3.49. The Morgan fingerprint density at radius 2 is 1.55 bits per heavy atom. The van der Waals surface area contributed by atoms with E-state index in [1.165, 1.54) is 0 Å². The van der Waals surface area contributed by atoms with Crippen LogP contribution in [0.3, 0.4) is 0 Å². The number of rotatable bonds is 10. The number of thioether (sulfide) groups is 1. The van der Waals surface area contributed by atoms with Gasteiger partial charge in [0, 0.05) is 15.8 Å². The molecule has 4 rings (SSSR count). The number of benzene rings is 3. The summed E-state index contributed by atoms with van der Waals surface area (Å²) in [4.78, 5) is 51.2. The fourth-order valence-electron chi connectivity index (χ4n) is 3.64. The molecule has 0 radical (unpaired) electrons. The minimum atomic E-state index is -0.563. The van der Waals surface area contributed by atoms with Crippen LogP contribution in [-0.4, -0.2) is 47.6 Å². The molecule has 4 amide bonds. The van der Waals surface area contributed by atoms with E-state index in [1.807, 2.05) is 38.1 Å². The van der Waals surface area contributed by atoms with Crippen molar-refractivity contribution in [2.75, 3.05) is 30.4 Å². The first-order valence-electron chi connectivity index (χ1n) is 12.3. The highest BCUT2D eigenvalue weighted by atomic mass is 79.9. The fourth-order valence-corrected chi connectivity index (χ4v) is 4.75. The third-order valence-corrected chi connectivity index (χ3v) is 7.00. The minimum absolute atomic E-state index is 0.176. The standard InChI is InChI=1S/C29H26BrN3O6S/c1-3-38-24-14-19(6-13-23(24)39-17-27(35)32-21-9-4-18(2)5-10-21)15-25-28(36)33(29(37)40-25)16-26(34)31-22-11-7-20(30)8-12-22/h4-15H,3,16-17H2,1-2H3,(H,31,34)(H,32,35)/b25-15-. The molecule has 0 spiro atoms. The van der Waals surface area contributed by atoms with Crippen LogP contribution in [0, 0.1) is 6.92 Å². The lowest BCUT2D eigenvalue weighted by atomic mass is 10.2. The summed E-state index contributed by atoms with van der Waals surface area (Å²) in [6.07, 6.45) is 1.55. The maximum Gasteiger partial charge on any atom is 0.294 e. The van der Waals surface area contributed by atoms with Crippen molar-refractivity contribution in [2.45, 2.75) is 13.8 Å². The van der Waals surface area contributed by atoms with Gasteiger partial charge in [0.1, 0.15) is 6.54 Å². The first-order chi connectivity index (χ1) is 19.2. The van der Waals surface area contributed by atoms with Crippen LogP contribution in [0.5, 0.6) is 11.5 Å². The summed E-state index contributed by atoms with van der Waals surface area (Å²) in [5.41, 5.74) is 2.89. The Balaban J connectivity index is 1.39. The Labute approximate surface area is 244 Å². The number of carbonyl (C=O) groups excluding carboxylic acids is 4. The van der Waals surface area contributed by atoms with Crippen molar-refractivity contribution in [1.29, 1.82) is 0 Å². The van der Waals surface area contributed by atoms with E-state index in [2.05, 4.69) is 26.6 Å². The lowest BCUT2D eigenvalue weighted by Crippen LogP contribution is -2.36. The van der Waals surface area contributed by atoms with Crippen molar-refractivity contribution in [3.05, 3.63) is 87.2 Å². The highest BCUT2D eigenvalue weighted by Gasteiger charge is 2.36. The Morgan fingerprint density at radius 1 is 0.900 bits per heavy atom. The van der Waals surface area contributed by atoms with E-state index >= 15 is 0 Å². The molecule has 2 N–H and O–H groups in total. The number of carbonyl (C=O) groups is 4. The second-order valence-corrected chi connectivity index (χ2v) is 10.6. The lowest BCUT2D eigenvalue weighted by molar-refractivity contribution is -0.127. The molecular weight excluding hydrogens is 598 g/mol. The van der Waals surface area contributed by atoms with Crippen molar-refractivity contribution >= 4 is 68.1 Å². The van der Waals surface area contributed by atoms with Crippen LogP contribution in [0.2, 0.25) is 0 Å². The van der Waals surface area contributed by atoms with Gasteiger partial charge in [-0.05, 0) is 85.8 Å². The van der Waals surface area contributed by atoms with E-state index in [0.29, 0.717) is 35.0 Å². The monoisotopic (exact) mass is 623 g/mol. The molecule has 206 valence electrons. The number of aryl methyl sites for hydroxylation is 1. The van der Waals surface area contributed by atoms with E-state index in [-0.39, 0.29) is 17.4 Å². The summed E-state index contributed by atoms with van der Waals surface area (Å²) in [6, 6.07) is 19.3. The molecule has 1 saturated heterocycles. The van der Waals surface area contributed by atoms with Gasteiger partial charge in [-0.15, -0.1) is 0 Å². The van der Waals surface area contributed by atoms with E-state index in [4.69, 9.17) is 9.47 Å². The highest BCUT2D eigenvalue weighted by Crippen LogP contribution is 2.34. The first-order valence-corrected chi connectivity index (χ1v) is 13.9. The molecule has 0 aromatic heterocycles. The zero-order valence-corrected chi connectivity index (χ0v) is 24.1. The summed E-state index contributed by atoms with van der Waals surface area (Å²) < 4.78 is 12.2. The molecular formula is C29H26BrN3O6S. The topological polar surface area (TPSA) is 114 Å². The highest BCUT2D eigenvalue weighted by molar-refractivity contribution is 9.10. The average molecular weight is 625 g/mol. The van der Waals surface area contributed by atoms with Gasteiger partial charge in [0.05, 0.1) is 11.5 Å². The van der Waals surface area contributed by atoms with Crippen LogP contribution in [0.15, 0.2) is 76.1 Å². The zero-order valence-electron chi connectivity index (χ0n) is 21.7. The Kier molecular flexibility index (Phi) is 9.62. The van der Waals surface area contributed by atoms with Gasteiger partial charge in [-0.2, -0.15) is 0 Å². The Morgan fingerprint density at radius 3 is 2.23 bits per heavy atom. The average Bonchev–Trinajstić information content (AvgIpc) is 3.18. The van der Waals surface area contributed by atoms with Gasteiger partial charge < -0.3 is 20.1 Å². The van der Waals surface area contributed by atoms with E-state index in [0.717, 1.165) is 26.7 Å². The zero-order chi connectivity index (χ0) is 28.6. The number of amides is 4. The minimum Gasteiger partial charge on any atom is -0.490 e. The normalized spacial score (nSPS) is 13.9. The molecule has 3 aromatic rings. The predicted octanol–water partition coefficient (Wildman–Crippen LogP) is 5.85. The maximum atomic E-state index is 12.9. The van der Waals surface area contributed by atoms with Gasteiger partial charge in [-0.3, -0.25) is 24.1 Å². The van der Waals surface area contributed by atoms with Crippen molar-refractivity contribution < 1.29 is 28.7 Å². The number of anilines is 2. The third-order valence-electron chi connectivity index (χ3n) is 5.56. The number of ether oxygens (including phenoxy) is 2. The molecule has 1 heterocycles. The van der Waals surface area contributed by atoms with Crippen LogP contribution in [0.4, 0.5) is 16.2 Å². The van der Waals surface area contributed by atoms with Crippen molar-refractivity contribution in [3.8, 4) is 11.5 Å². The van der Waals surface area contributed by atoms with Crippen molar-refractivity contribution in [3.63, 3.8) is 0 Å². The summed E-state index contributed by atoms with van der Waals surface area (Å²) in [5, 5.41) is 4.91. The second kappa shape index (κ2) is 13.3. The quantitative estimate of drug-likeness (QED) is 0.272. The van der Waals surface area contributed by atoms with Crippen LogP contribution < -0.4 is 20.1 Å². The first kappa shape index (κ1) is 28.9. The molecule has 1 aliphatic heterocycles. The number of halogens is 1.